The van der Waals surface area contributed by atoms with Crippen molar-refractivity contribution in [3.05, 3.63) is 112 Å². The summed E-state index contributed by atoms with van der Waals surface area (Å²) in [6, 6.07) is 24.0. The van der Waals surface area contributed by atoms with Gasteiger partial charge in [-0.25, -0.2) is 14.5 Å². The highest BCUT2D eigenvalue weighted by Gasteiger charge is 2.27. The molecule has 170 valence electrons. The molecular weight excluding hydrogens is 438 g/mol. The molecule has 5 aromatic rings. The van der Waals surface area contributed by atoms with E-state index in [1.807, 2.05) is 61.5 Å². The topological polar surface area (TPSA) is 78.2 Å². The lowest BCUT2D eigenvalue weighted by atomic mass is 9.95. The summed E-state index contributed by atoms with van der Waals surface area (Å²) in [5, 5.41) is 17.3. The molecule has 0 saturated carbocycles. The van der Waals surface area contributed by atoms with Crippen molar-refractivity contribution >= 4 is 22.4 Å². The van der Waals surface area contributed by atoms with Crippen molar-refractivity contribution in [2.24, 2.45) is 0 Å². The lowest BCUT2D eigenvalue weighted by Crippen LogP contribution is -2.00. The highest BCUT2D eigenvalue weighted by molar-refractivity contribution is 6.08. The van der Waals surface area contributed by atoms with Crippen LogP contribution in [0.5, 0.6) is 0 Å². The first kappa shape index (κ1) is 22.0. The fourth-order valence-electron chi connectivity index (χ4n) is 4.37. The molecule has 35 heavy (non-hydrogen) atoms. The average Bonchev–Trinajstić information content (AvgIpc) is 3.24. The summed E-state index contributed by atoms with van der Waals surface area (Å²) >= 11 is 0. The Balaban J connectivity index is 1.95. The number of hydrogen-bond acceptors (Lipinski definition) is 4. The Labute approximate surface area is 202 Å². The minimum absolute atomic E-state index is 0.0657. The molecular formula is C28H21N5O2. The molecule has 0 bridgehead atoms. The smallest absolute Gasteiger partial charge is 0.258 e. The van der Waals surface area contributed by atoms with Gasteiger partial charge >= 0.3 is 0 Å². The van der Waals surface area contributed by atoms with Crippen molar-refractivity contribution in [3.8, 4) is 28.1 Å². The van der Waals surface area contributed by atoms with Gasteiger partial charge < -0.3 is 0 Å². The number of nitrogens with zero attached hydrogens (tertiary/aromatic N) is 5. The Bertz CT molecular complexity index is 1610. The standard InChI is InChI=1S/C28H21N5O2/c1-4-19-14-16-20(17-15-19)26-27(29-3)25(22-12-8-9-13-23(22)33(34)35)24-18(2)31-32(28(24)30-26)21-10-6-5-7-11-21/h5-17H,4H2,1-2H3. The van der Waals surface area contributed by atoms with Crippen LogP contribution < -0.4 is 0 Å². The molecule has 0 saturated heterocycles. The van der Waals surface area contributed by atoms with Gasteiger partial charge in [-0.1, -0.05) is 61.5 Å². The number of aromatic nitrogens is 3. The van der Waals surface area contributed by atoms with Gasteiger partial charge in [0.1, 0.15) is 0 Å². The SMILES string of the molecule is [C-]#[N+]c1c(-c2ccc(CC)cc2)nc2c(c(C)nn2-c2ccccc2)c1-c1ccccc1[N+](=O)[O-]. The summed E-state index contributed by atoms with van der Waals surface area (Å²) in [6.45, 7) is 12.0. The normalized spacial score (nSPS) is 10.9. The van der Waals surface area contributed by atoms with E-state index in [0.29, 0.717) is 33.5 Å². The predicted octanol–water partition coefficient (Wildman–Crippen LogP) is 7.08. The molecule has 2 aromatic heterocycles. The molecule has 0 radical (unpaired) electrons. The number of para-hydroxylation sites is 2. The number of aryl methyl sites for hydroxylation is 2. The van der Waals surface area contributed by atoms with Crippen LogP contribution in [0, 0.1) is 23.6 Å². The number of pyridine rings is 1. The summed E-state index contributed by atoms with van der Waals surface area (Å²) in [7, 11) is 0. The first-order chi connectivity index (χ1) is 17.0. The Morgan fingerprint density at radius 3 is 2.34 bits per heavy atom. The van der Waals surface area contributed by atoms with Crippen LogP contribution in [0.2, 0.25) is 0 Å². The van der Waals surface area contributed by atoms with E-state index in [-0.39, 0.29) is 11.4 Å². The van der Waals surface area contributed by atoms with Gasteiger partial charge in [0.15, 0.2) is 5.65 Å². The summed E-state index contributed by atoms with van der Waals surface area (Å²) < 4.78 is 1.74. The van der Waals surface area contributed by atoms with Crippen LogP contribution in [0.15, 0.2) is 78.9 Å². The second-order valence-electron chi connectivity index (χ2n) is 8.15. The third kappa shape index (κ3) is 3.71. The Morgan fingerprint density at radius 1 is 1.00 bits per heavy atom. The van der Waals surface area contributed by atoms with Crippen LogP contribution in [0.3, 0.4) is 0 Å². The van der Waals surface area contributed by atoms with E-state index in [4.69, 9.17) is 16.7 Å². The van der Waals surface area contributed by atoms with Gasteiger partial charge in [-0.15, -0.1) is 0 Å². The first-order valence-corrected chi connectivity index (χ1v) is 11.2. The van der Waals surface area contributed by atoms with Crippen LogP contribution in [0.25, 0.3) is 44.0 Å². The van der Waals surface area contributed by atoms with Gasteiger partial charge in [-0.2, -0.15) is 5.10 Å². The van der Waals surface area contributed by atoms with Gasteiger partial charge in [0.05, 0.1) is 28.6 Å². The summed E-state index contributed by atoms with van der Waals surface area (Å²) in [4.78, 5) is 20.4. The zero-order chi connectivity index (χ0) is 24.5. The molecule has 0 spiro atoms. The van der Waals surface area contributed by atoms with Crippen LogP contribution in [0.1, 0.15) is 18.2 Å². The molecule has 7 nitrogen and oxygen atoms in total. The van der Waals surface area contributed by atoms with E-state index in [9.17, 15) is 10.1 Å². The number of rotatable bonds is 5. The van der Waals surface area contributed by atoms with Crippen molar-refractivity contribution in [1.82, 2.24) is 14.8 Å². The molecule has 3 aromatic carbocycles. The largest absolute Gasteiger partial charge is 0.275 e. The third-order valence-corrected chi connectivity index (χ3v) is 6.08. The fourth-order valence-corrected chi connectivity index (χ4v) is 4.37. The predicted molar refractivity (Wildman–Crippen MR) is 137 cm³/mol. The number of hydrogen-bond donors (Lipinski definition) is 0. The van der Waals surface area contributed by atoms with E-state index in [1.54, 1.807) is 22.9 Å². The van der Waals surface area contributed by atoms with E-state index in [0.717, 1.165) is 17.7 Å². The average molecular weight is 460 g/mol. The molecule has 0 aliphatic carbocycles. The maximum absolute atomic E-state index is 12.0. The number of nitro groups is 1. The highest BCUT2D eigenvalue weighted by atomic mass is 16.6. The maximum Gasteiger partial charge on any atom is 0.275 e. The number of benzene rings is 3. The molecule has 0 atom stereocenters. The second-order valence-corrected chi connectivity index (χ2v) is 8.15. The minimum Gasteiger partial charge on any atom is -0.258 e. The van der Waals surface area contributed by atoms with Gasteiger partial charge in [0, 0.05) is 22.6 Å². The van der Waals surface area contributed by atoms with E-state index in [1.165, 1.54) is 11.6 Å². The lowest BCUT2D eigenvalue weighted by Gasteiger charge is -2.13. The monoisotopic (exact) mass is 459 g/mol. The summed E-state index contributed by atoms with van der Waals surface area (Å²) in [5.41, 5.74) is 5.47. The van der Waals surface area contributed by atoms with Crippen LogP contribution in [-0.4, -0.2) is 19.7 Å². The van der Waals surface area contributed by atoms with E-state index < -0.39 is 4.92 Å². The Morgan fingerprint density at radius 2 is 1.69 bits per heavy atom. The van der Waals surface area contributed by atoms with Crippen molar-refractivity contribution in [3.63, 3.8) is 0 Å². The second kappa shape index (κ2) is 8.84. The zero-order valence-corrected chi connectivity index (χ0v) is 19.3. The number of nitro benzene ring substituents is 1. The van der Waals surface area contributed by atoms with Crippen LogP contribution in [0.4, 0.5) is 11.4 Å². The number of fused-ring (bicyclic) bond motifs is 1. The zero-order valence-electron chi connectivity index (χ0n) is 19.3. The first-order valence-electron chi connectivity index (χ1n) is 11.2. The van der Waals surface area contributed by atoms with Crippen LogP contribution in [-0.2, 0) is 6.42 Å². The van der Waals surface area contributed by atoms with Gasteiger partial charge in [0.25, 0.3) is 5.69 Å². The van der Waals surface area contributed by atoms with Crippen molar-refractivity contribution in [1.29, 1.82) is 0 Å². The van der Waals surface area contributed by atoms with Crippen molar-refractivity contribution in [2.45, 2.75) is 20.3 Å². The Hall–Kier alpha value is -4.83. The van der Waals surface area contributed by atoms with Crippen molar-refractivity contribution < 1.29 is 4.92 Å². The van der Waals surface area contributed by atoms with Crippen molar-refractivity contribution in [2.75, 3.05) is 0 Å². The molecule has 7 heteroatoms. The highest BCUT2D eigenvalue weighted by Crippen LogP contribution is 2.46. The quantitative estimate of drug-likeness (QED) is 0.160. The molecule has 0 aliphatic heterocycles. The lowest BCUT2D eigenvalue weighted by molar-refractivity contribution is -0.384. The van der Waals surface area contributed by atoms with E-state index >= 15 is 0 Å². The molecule has 0 unspecified atom stereocenters. The third-order valence-electron chi connectivity index (χ3n) is 6.08. The Kier molecular flexibility index (Phi) is 5.55. The molecule has 5 rings (SSSR count). The van der Waals surface area contributed by atoms with E-state index in [2.05, 4.69) is 11.8 Å². The van der Waals surface area contributed by atoms with Gasteiger partial charge in [-0.05, 0) is 42.7 Å². The molecule has 2 heterocycles. The maximum atomic E-state index is 12.0. The van der Waals surface area contributed by atoms with Gasteiger partial charge in [-0.3, -0.25) is 10.1 Å². The molecule has 0 fully saturated rings. The summed E-state index contributed by atoms with van der Waals surface area (Å²) in [5.74, 6) is 0. The molecule has 0 aliphatic rings. The molecule has 0 N–H and O–H groups in total. The molecule has 0 amide bonds. The van der Waals surface area contributed by atoms with Gasteiger partial charge in [0.2, 0.25) is 5.69 Å². The fraction of sp³-hybridized carbons (Fsp3) is 0.107. The minimum atomic E-state index is -0.415. The van der Waals surface area contributed by atoms with Crippen LogP contribution >= 0.6 is 0 Å². The summed E-state index contributed by atoms with van der Waals surface area (Å²) in [6.07, 6.45) is 0.893.